The van der Waals surface area contributed by atoms with Gasteiger partial charge in [0.1, 0.15) is 0 Å². The second-order valence-electron chi connectivity index (χ2n) is 8.52. The van der Waals surface area contributed by atoms with Crippen LogP contribution in [0, 0.1) is 26.7 Å². The number of rotatable bonds is 4. The number of piperidine rings is 1. The maximum Gasteiger partial charge on any atom is 0.411 e. The smallest absolute Gasteiger partial charge is 0.411 e. The molecule has 2 atom stereocenters. The van der Waals surface area contributed by atoms with Crippen molar-refractivity contribution in [2.45, 2.75) is 58.5 Å². The number of nitrogens with one attached hydrogen (secondary N) is 2. The quantitative estimate of drug-likeness (QED) is 0.753. The number of aryl methyl sites for hydroxylation is 3. The number of amides is 1. The predicted octanol–water partition coefficient (Wildman–Crippen LogP) is 5.36. The summed E-state index contributed by atoms with van der Waals surface area (Å²) in [5.74, 6) is 0.473. The van der Waals surface area contributed by atoms with E-state index in [2.05, 4.69) is 49.6 Å². The molecule has 28 heavy (non-hydrogen) atoms. The van der Waals surface area contributed by atoms with E-state index in [1.54, 1.807) is 0 Å². The first-order chi connectivity index (χ1) is 13.5. The van der Waals surface area contributed by atoms with E-state index in [1.165, 1.54) is 35.1 Å². The number of fused-ring (bicyclic) bond motifs is 2. The zero-order valence-electron chi connectivity index (χ0n) is 17.0. The number of benzene rings is 2. The monoisotopic (exact) mass is 378 g/mol. The van der Waals surface area contributed by atoms with Gasteiger partial charge in [-0.3, -0.25) is 5.32 Å². The van der Waals surface area contributed by atoms with Gasteiger partial charge in [0.05, 0.1) is 12.3 Å². The Morgan fingerprint density at radius 3 is 2.39 bits per heavy atom. The first kappa shape index (κ1) is 19.0. The van der Waals surface area contributed by atoms with Crippen molar-refractivity contribution in [3.63, 3.8) is 0 Å². The molecule has 2 aliphatic heterocycles. The summed E-state index contributed by atoms with van der Waals surface area (Å²) in [6.45, 7) is 6.86. The molecule has 2 fully saturated rings. The summed E-state index contributed by atoms with van der Waals surface area (Å²) in [5, 5.41) is 6.61. The number of carbonyl (C=O) groups is 1. The molecule has 148 valence electrons. The van der Waals surface area contributed by atoms with Crippen LogP contribution in [0.25, 0.3) is 11.1 Å². The largest absolute Gasteiger partial charge is 0.449 e. The van der Waals surface area contributed by atoms with Gasteiger partial charge in [-0.25, -0.2) is 4.79 Å². The van der Waals surface area contributed by atoms with E-state index >= 15 is 0 Å². The molecule has 2 heterocycles. The molecule has 2 aromatic rings. The molecule has 0 aromatic heterocycles. The minimum Gasteiger partial charge on any atom is -0.449 e. The van der Waals surface area contributed by atoms with E-state index in [-0.39, 0.29) is 6.09 Å². The summed E-state index contributed by atoms with van der Waals surface area (Å²) in [6, 6.07) is 13.6. The summed E-state index contributed by atoms with van der Waals surface area (Å²) in [4.78, 5) is 12.5. The average Bonchev–Trinajstić information content (AvgIpc) is 2.99. The molecule has 2 saturated heterocycles. The Morgan fingerprint density at radius 2 is 1.71 bits per heavy atom. The lowest BCUT2D eigenvalue weighted by atomic mass is 9.93. The number of ether oxygens (including phenoxy) is 1. The maximum atomic E-state index is 12.5. The molecule has 1 amide bonds. The summed E-state index contributed by atoms with van der Waals surface area (Å²) in [6.07, 6.45) is 4.39. The molecule has 2 aromatic carbocycles. The zero-order chi connectivity index (χ0) is 19.7. The molecule has 0 aliphatic carbocycles. The van der Waals surface area contributed by atoms with Crippen molar-refractivity contribution >= 4 is 11.8 Å². The minimum atomic E-state index is -0.360. The zero-order valence-corrected chi connectivity index (χ0v) is 17.0. The topological polar surface area (TPSA) is 50.4 Å². The lowest BCUT2D eigenvalue weighted by Crippen LogP contribution is -2.39. The van der Waals surface area contributed by atoms with Gasteiger partial charge in [0.2, 0.25) is 0 Å². The molecule has 0 spiro atoms. The first-order valence-corrected chi connectivity index (χ1v) is 10.4. The van der Waals surface area contributed by atoms with E-state index in [1.807, 2.05) is 18.2 Å². The van der Waals surface area contributed by atoms with Crippen LogP contribution in [0.3, 0.4) is 0 Å². The van der Waals surface area contributed by atoms with E-state index in [4.69, 9.17) is 4.74 Å². The van der Waals surface area contributed by atoms with E-state index < -0.39 is 0 Å². The molecule has 0 saturated carbocycles. The lowest BCUT2D eigenvalue weighted by Gasteiger charge is -2.28. The number of para-hydroxylation sites is 1. The highest BCUT2D eigenvalue weighted by molar-refractivity contribution is 5.92. The third-order valence-electron chi connectivity index (χ3n) is 6.13. The molecule has 2 bridgehead atoms. The summed E-state index contributed by atoms with van der Waals surface area (Å²) >= 11 is 0. The first-order valence-electron chi connectivity index (χ1n) is 10.4. The highest BCUT2D eigenvalue weighted by atomic mass is 16.5. The highest BCUT2D eigenvalue weighted by Gasteiger charge is 2.33. The standard InChI is InChI=1S/C24H30N2O2/c1-15-10-16(2)23(17(3)11-15)21-6-4-5-7-22(21)26-24(27)28-14-18-12-19-8-9-20(13-18)25-19/h4-7,10-11,18-20,25H,8-9,12-14H2,1-3H3,(H,26,27). The molecular formula is C24H30N2O2. The van der Waals surface area contributed by atoms with Gasteiger partial charge in [0, 0.05) is 17.6 Å². The fraction of sp³-hybridized carbons (Fsp3) is 0.458. The van der Waals surface area contributed by atoms with Gasteiger partial charge in [0.25, 0.3) is 0 Å². The molecule has 2 aliphatic rings. The molecule has 4 rings (SSSR count). The Labute approximate surface area is 167 Å². The summed E-state index contributed by atoms with van der Waals surface area (Å²) in [7, 11) is 0. The van der Waals surface area contributed by atoms with Crippen LogP contribution in [0.15, 0.2) is 36.4 Å². The van der Waals surface area contributed by atoms with Crippen LogP contribution in [0.4, 0.5) is 10.5 Å². The normalized spacial score (nSPS) is 23.5. The van der Waals surface area contributed by atoms with Gasteiger partial charge in [-0.2, -0.15) is 0 Å². The van der Waals surface area contributed by atoms with Crippen LogP contribution in [0.1, 0.15) is 42.4 Å². The van der Waals surface area contributed by atoms with Crippen LogP contribution >= 0.6 is 0 Å². The number of hydrogen-bond acceptors (Lipinski definition) is 3. The third-order valence-corrected chi connectivity index (χ3v) is 6.13. The van der Waals surface area contributed by atoms with Gasteiger partial charge in [-0.15, -0.1) is 0 Å². The minimum absolute atomic E-state index is 0.360. The van der Waals surface area contributed by atoms with E-state index in [0.717, 1.165) is 24.1 Å². The molecule has 2 N–H and O–H groups in total. The molecular weight excluding hydrogens is 348 g/mol. The highest BCUT2D eigenvalue weighted by Crippen LogP contribution is 2.34. The number of carbonyl (C=O) groups excluding carboxylic acids is 1. The van der Waals surface area contributed by atoms with Crippen LogP contribution in [0.5, 0.6) is 0 Å². The Bertz CT molecular complexity index is 842. The molecule has 2 unspecified atom stereocenters. The Kier molecular flexibility index (Phi) is 5.40. The van der Waals surface area contributed by atoms with Crippen molar-refractivity contribution in [3.05, 3.63) is 53.1 Å². The summed E-state index contributed by atoms with van der Waals surface area (Å²) < 4.78 is 5.60. The fourth-order valence-electron chi connectivity index (χ4n) is 5.07. The second kappa shape index (κ2) is 7.96. The Hall–Kier alpha value is -2.33. The average molecular weight is 379 g/mol. The third kappa shape index (κ3) is 4.07. The van der Waals surface area contributed by atoms with Crippen molar-refractivity contribution < 1.29 is 9.53 Å². The Balaban J connectivity index is 1.45. The number of anilines is 1. The van der Waals surface area contributed by atoms with Crippen LogP contribution in [-0.2, 0) is 4.74 Å². The number of hydrogen-bond donors (Lipinski definition) is 2. The van der Waals surface area contributed by atoms with Crippen molar-refractivity contribution in [1.29, 1.82) is 0 Å². The van der Waals surface area contributed by atoms with Crippen molar-refractivity contribution in [2.75, 3.05) is 11.9 Å². The van der Waals surface area contributed by atoms with Gasteiger partial charge in [0.15, 0.2) is 0 Å². The van der Waals surface area contributed by atoms with Gasteiger partial charge in [-0.05, 0) is 75.1 Å². The van der Waals surface area contributed by atoms with Crippen LogP contribution in [-0.4, -0.2) is 24.8 Å². The molecule has 4 heteroatoms. The van der Waals surface area contributed by atoms with E-state index in [9.17, 15) is 4.79 Å². The van der Waals surface area contributed by atoms with Crippen LogP contribution < -0.4 is 10.6 Å². The molecule has 4 nitrogen and oxygen atoms in total. The Morgan fingerprint density at radius 1 is 1.07 bits per heavy atom. The lowest BCUT2D eigenvalue weighted by molar-refractivity contribution is 0.122. The predicted molar refractivity (Wildman–Crippen MR) is 114 cm³/mol. The van der Waals surface area contributed by atoms with Crippen molar-refractivity contribution in [3.8, 4) is 11.1 Å². The fourth-order valence-corrected chi connectivity index (χ4v) is 5.07. The SMILES string of the molecule is Cc1cc(C)c(-c2ccccc2NC(=O)OCC2CC3CCC(C2)N3)c(C)c1. The second-order valence-corrected chi connectivity index (χ2v) is 8.52. The van der Waals surface area contributed by atoms with Crippen LogP contribution in [0.2, 0.25) is 0 Å². The van der Waals surface area contributed by atoms with Gasteiger partial charge >= 0.3 is 6.09 Å². The van der Waals surface area contributed by atoms with E-state index in [0.29, 0.717) is 24.6 Å². The van der Waals surface area contributed by atoms with Gasteiger partial charge < -0.3 is 10.1 Å². The van der Waals surface area contributed by atoms with Crippen molar-refractivity contribution in [2.24, 2.45) is 5.92 Å². The van der Waals surface area contributed by atoms with Gasteiger partial charge in [-0.1, -0.05) is 35.9 Å². The summed E-state index contributed by atoms with van der Waals surface area (Å²) in [5.41, 5.74) is 6.69. The van der Waals surface area contributed by atoms with Crippen molar-refractivity contribution in [1.82, 2.24) is 5.32 Å². The molecule has 0 radical (unpaired) electrons. The maximum absolute atomic E-state index is 12.5.